The highest BCUT2D eigenvalue weighted by Crippen LogP contribution is 2.17. The van der Waals surface area contributed by atoms with Gasteiger partial charge in [-0.3, -0.25) is 4.90 Å². The van der Waals surface area contributed by atoms with Gasteiger partial charge in [-0.25, -0.2) is 0 Å². The lowest BCUT2D eigenvalue weighted by Crippen LogP contribution is -2.28. The number of hydrogen-bond donors (Lipinski definition) is 1. The molecule has 3 nitrogen and oxygen atoms in total. The number of rotatable bonds is 4. The molecular weight excluding hydrogens is 150 g/mol. The first-order valence-corrected chi connectivity index (χ1v) is 4.79. The first kappa shape index (κ1) is 9.96. The van der Waals surface area contributed by atoms with Crippen LogP contribution in [0.1, 0.15) is 12.8 Å². The van der Waals surface area contributed by atoms with Crippen molar-refractivity contribution < 1.29 is 0 Å². The van der Waals surface area contributed by atoms with Gasteiger partial charge in [0.05, 0.1) is 0 Å². The largest absolute Gasteiger partial charge is 0.318 e. The van der Waals surface area contributed by atoms with Crippen LogP contribution in [0.2, 0.25) is 0 Å². The smallest absolute Gasteiger partial charge is 0.0452 e. The summed E-state index contributed by atoms with van der Waals surface area (Å²) >= 11 is 0. The lowest BCUT2D eigenvalue weighted by Gasteiger charge is -2.16. The fourth-order valence-corrected chi connectivity index (χ4v) is 1.76. The predicted molar refractivity (Wildman–Crippen MR) is 51.9 cm³/mol. The Morgan fingerprint density at radius 2 is 2.33 bits per heavy atom. The molecule has 0 saturated carbocycles. The van der Waals surface area contributed by atoms with Crippen LogP contribution in [-0.2, 0) is 0 Å². The molecule has 0 aromatic carbocycles. The topological polar surface area (TPSA) is 32.5 Å². The molecule has 1 saturated heterocycles. The molecule has 0 radical (unpaired) electrons. The third-order valence-electron chi connectivity index (χ3n) is 2.72. The van der Waals surface area contributed by atoms with Crippen LogP contribution >= 0.6 is 0 Å². The van der Waals surface area contributed by atoms with Crippen LogP contribution in [0.4, 0.5) is 0 Å². The second kappa shape index (κ2) is 4.80. The van der Waals surface area contributed by atoms with Crippen molar-refractivity contribution in [3.05, 3.63) is 0 Å². The van der Waals surface area contributed by atoms with Gasteiger partial charge in [-0.15, -0.1) is 0 Å². The van der Waals surface area contributed by atoms with E-state index in [1.165, 1.54) is 25.9 Å². The Kier molecular flexibility index (Phi) is 3.98. The Bertz CT molecular complexity index is 127. The molecule has 1 aliphatic rings. The predicted octanol–water partition coefficient (Wildman–Crippen LogP) is 0.176. The SMILES string of the molecule is CN(CN)CCC1CCN(C)C1. The van der Waals surface area contributed by atoms with Crippen molar-refractivity contribution in [2.24, 2.45) is 11.7 Å². The van der Waals surface area contributed by atoms with E-state index in [2.05, 4.69) is 23.9 Å². The summed E-state index contributed by atoms with van der Waals surface area (Å²) in [6, 6.07) is 0. The summed E-state index contributed by atoms with van der Waals surface area (Å²) in [5.74, 6) is 0.906. The van der Waals surface area contributed by atoms with E-state index < -0.39 is 0 Å². The lowest BCUT2D eigenvalue weighted by molar-refractivity contribution is 0.303. The molecule has 12 heavy (non-hydrogen) atoms. The molecule has 3 heteroatoms. The summed E-state index contributed by atoms with van der Waals surface area (Å²) < 4.78 is 0. The molecule has 1 heterocycles. The van der Waals surface area contributed by atoms with E-state index in [0.717, 1.165) is 12.5 Å². The maximum atomic E-state index is 5.50. The van der Waals surface area contributed by atoms with Gasteiger partial charge in [0.15, 0.2) is 0 Å². The summed E-state index contributed by atoms with van der Waals surface area (Å²) in [5, 5.41) is 0. The lowest BCUT2D eigenvalue weighted by atomic mass is 10.1. The molecule has 1 unspecified atom stereocenters. The average molecular weight is 171 g/mol. The third kappa shape index (κ3) is 3.09. The van der Waals surface area contributed by atoms with Crippen molar-refractivity contribution in [2.45, 2.75) is 12.8 Å². The van der Waals surface area contributed by atoms with Crippen molar-refractivity contribution in [3.63, 3.8) is 0 Å². The van der Waals surface area contributed by atoms with Crippen LogP contribution < -0.4 is 5.73 Å². The molecule has 0 aromatic heterocycles. The van der Waals surface area contributed by atoms with Gasteiger partial charge < -0.3 is 10.6 Å². The van der Waals surface area contributed by atoms with Crippen LogP contribution in [0, 0.1) is 5.92 Å². The van der Waals surface area contributed by atoms with E-state index in [1.807, 2.05) is 0 Å². The van der Waals surface area contributed by atoms with E-state index in [-0.39, 0.29) is 0 Å². The second-order valence-electron chi connectivity index (χ2n) is 3.97. The molecule has 0 amide bonds. The van der Waals surface area contributed by atoms with Crippen molar-refractivity contribution in [3.8, 4) is 0 Å². The van der Waals surface area contributed by atoms with Gasteiger partial charge in [0.25, 0.3) is 0 Å². The van der Waals surface area contributed by atoms with Gasteiger partial charge in [0.1, 0.15) is 0 Å². The molecule has 1 rings (SSSR count). The summed E-state index contributed by atoms with van der Waals surface area (Å²) in [7, 11) is 4.28. The molecule has 1 atom stereocenters. The summed E-state index contributed by atoms with van der Waals surface area (Å²) in [6.45, 7) is 4.38. The average Bonchev–Trinajstić information content (AvgIpc) is 2.47. The maximum Gasteiger partial charge on any atom is 0.0452 e. The summed E-state index contributed by atoms with van der Waals surface area (Å²) in [5.41, 5.74) is 5.50. The van der Waals surface area contributed by atoms with E-state index in [4.69, 9.17) is 5.73 Å². The molecule has 0 aliphatic carbocycles. The zero-order chi connectivity index (χ0) is 8.97. The minimum Gasteiger partial charge on any atom is -0.318 e. The van der Waals surface area contributed by atoms with Gasteiger partial charge in [0.2, 0.25) is 0 Å². The van der Waals surface area contributed by atoms with Crippen molar-refractivity contribution >= 4 is 0 Å². The highest BCUT2D eigenvalue weighted by Gasteiger charge is 2.18. The third-order valence-corrected chi connectivity index (χ3v) is 2.72. The van der Waals surface area contributed by atoms with Crippen LogP contribution in [0.5, 0.6) is 0 Å². The monoisotopic (exact) mass is 171 g/mol. The standard InChI is InChI=1S/C9H21N3/c1-11-5-3-9(7-11)4-6-12(2)8-10/h9H,3-8,10H2,1-2H3. The van der Waals surface area contributed by atoms with Crippen LogP contribution in [0.3, 0.4) is 0 Å². The molecule has 72 valence electrons. The Balaban J connectivity index is 2.07. The second-order valence-corrected chi connectivity index (χ2v) is 3.97. The minimum absolute atomic E-state index is 0.683. The van der Waals surface area contributed by atoms with Crippen LogP contribution in [0.15, 0.2) is 0 Å². The quantitative estimate of drug-likeness (QED) is 0.612. The molecule has 1 aliphatic heterocycles. The van der Waals surface area contributed by atoms with E-state index in [0.29, 0.717) is 6.67 Å². The van der Waals surface area contributed by atoms with Gasteiger partial charge in [-0.2, -0.15) is 0 Å². The zero-order valence-electron chi connectivity index (χ0n) is 8.29. The van der Waals surface area contributed by atoms with Crippen molar-refractivity contribution in [1.29, 1.82) is 0 Å². The normalized spacial score (nSPS) is 25.5. The van der Waals surface area contributed by atoms with Crippen molar-refractivity contribution in [1.82, 2.24) is 9.80 Å². The summed E-state index contributed by atoms with van der Waals surface area (Å²) in [6.07, 6.45) is 2.67. The Morgan fingerprint density at radius 3 is 2.83 bits per heavy atom. The van der Waals surface area contributed by atoms with Crippen LogP contribution in [-0.4, -0.2) is 50.2 Å². The van der Waals surface area contributed by atoms with E-state index in [1.54, 1.807) is 0 Å². The number of hydrogen-bond acceptors (Lipinski definition) is 3. The Labute approximate surface area is 75.5 Å². The Morgan fingerprint density at radius 1 is 1.58 bits per heavy atom. The fraction of sp³-hybridized carbons (Fsp3) is 1.00. The number of nitrogens with two attached hydrogens (primary N) is 1. The van der Waals surface area contributed by atoms with E-state index in [9.17, 15) is 0 Å². The minimum atomic E-state index is 0.683. The first-order valence-electron chi connectivity index (χ1n) is 4.79. The number of nitrogens with zero attached hydrogens (tertiary/aromatic N) is 2. The molecule has 0 spiro atoms. The van der Waals surface area contributed by atoms with E-state index >= 15 is 0 Å². The first-order chi connectivity index (χ1) is 5.72. The molecule has 0 bridgehead atoms. The molecule has 2 N–H and O–H groups in total. The van der Waals surface area contributed by atoms with Crippen LogP contribution in [0.25, 0.3) is 0 Å². The zero-order valence-corrected chi connectivity index (χ0v) is 8.29. The Hall–Kier alpha value is -0.120. The van der Waals surface area contributed by atoms with Crippen molar-refractivity contribution in [2.75, 3.05) is 40.4 Å². The molecule has 0 aromatic rings. The maximum absolute atomic E-state index is 5.50. The van der Waals surface area contributed by atoms with Gasteiger partial charge >= 0.3 is 0 Å². The van der Waals surface area contributed by atoms with Gasteiger partial charge in [-0.1, -0.05) is 0 Å². The van der Waals surface area contributed by atoms with Gasteiger partial charge in [0, 0.05) is 13.2 Å². The summed E-state index contributed by atoms with van der Waals surface area (Å²) in [4.78, 5) is 4.59. The highest BCUT2D eigenvalue weighted by atomic mass is 15.1. The highest BCUT2D eigenvalue weighted by molar-refractivity contribution is 4.73. The van der Waals surface area contributed by atoms with Gasteiger partial charge in [-0.05, 0) is 45.9 Å². The molecular formula is C9H21N3. The molecule has 1 fully saturated rings. The number of likely N-dealkylation sites (tertiary alicyclic amines) is 1. The fourth-order valence-electron chi connectivity index (χ4n) is 1.76.